The molecule has 0 aromatic carbocycles. The number of nitrogens with zero attached hydrogens (tertiary/aromatic N) is 1. The van der Waals surface area contributed by atoms with E-state index in [1.165, 1.54) is 17.4 Å². The van der Waals surface area contributed by atoms with Crippen molar-refractivity contribution >= 4 is 68.8 Å². The Morgan fingerprint density at radius 3 is 2.67 bits per heavy atom. The monoisotopic (exact) mass is 447 g/mol. The summed E-state index contributed by atoms with van der Waals surface area (Å²) in [6, 6.07) is 1.46. The maximum Gasteiger partial charge on any atom is 0.410 e. The number of nitrogens with two attached hydrogens (primary N) is 1. The number of carbonyl (C=O) groups is 3. The van der Waals surface area contributed by atoms with Gasteiger partial charge in [-0.05, 0) is 25.0 Å². The van der Waals surface area contributed by atoms with Crippen LogP contribution in [-0.4, -0.2) is 36.0 Å². The maximum atomic E-state index is 12.5. The molecular weight excluding hydrogens is 433 g/mol. The van der Waals surface area contributed by atoms with Crippen molar-refractivity contribution in [3.63, 3.8) is 0 Å². The van der Waals surface area contributed by atoms with Gasteiger partial charge in [0.1, 0.15) is 9.34 Å². The van der Waals surface area contributed by atoms with E-state index in [0.717, 1.165) is 21.8 Å². The zero-order valence-corrected chi connectivity index (χ0v) is 17.3. The van der Waals surface area contributed by atoms with Crippen molar-refractivity contribution in [3.8, 4) is 0 Å². The van der Waals surface area contributed by atoms with E-state index in [4.69, 9.17) is 33.7 Å². The Kier molecular flexibility index (Phi) is 5.95. The third-order valence-electron chi connectivity index (χ3n) is 3.96. The first-order chi connectivity index (χ1) is 12.8. The lowest BCUT2D eigenvalue weighted by Crippen LogP contribution is -2.36. The summed E-state index contributed by atoms with van der Waals surface area (Å²) >= 11 is 14.2. The molecule has 0 bridgehead atoms. The standard InChI is InChI=1S/C16H15Cl2N3O4S2/c1-2-25-16(24)21-4-3-7-9(6-21)26-15(11(7)13(19)22)20-14(23)8-5-10(17)27-12(8)18/h5H,2-4,6H2,1H3,(H2,19,22)(H,20,23). The van der Waals surface area contributed by atoms with E-state index in [-0.39, 0.29) is 22.1 Å². The number of ether oxygens (including phenoxy) is 1. The Morgan fingerprint density at radius 2 is 2.07 bits per heavy atom. The molecule has 27 heavy (non-hydrogen) atoms. The van der Waals surface area contributed by atoms with Crippen LogP contribution in [0.4, 0.5) is 9.80 Å². The van der Waals surface area contributed by atoms with Crippen molar-refractivity contribution in [3.05, 3.63) is 36.3 Å². The van der Waals surface area contributed by atoms with E-state index in [9.17, 15) is 14.4 Å². The van der Waals surface area contributed by atoms with Gasteiger partial charge in [0.15, 0.2) is 0 Å². The lowest BCUT2D eigenvalue weighted by molar-refractivity contribution is 0.0997. The number of amides is 3. The molecule has 0 saturated carbocycles. The van der Waals surface area contributed by atoms with Crippen LogP contribution in [0.15, 0.2) is 6.07 Å². The molecular formula is C16H15Cl2N3O4S2. The van der Waals surface area contributed by atoms with Gasteiger partial charge in [0, 0.05) is 11.4 Å². The van der Waals surface area contributed by atoms with E-state index in [1.807, 2.05) is 0 Å². The predicted molar refractivity (Wildman–Crippen MR) is 106 cm³/mol. The van der Waals surface area contributed by atoms with Crippen LogP contribution in [0.1, 0.15) is 38.1 Å². The Bertz CT molecular complexity index is 925. The molecule has 144 valence electrons. The summed E-state index contributed by atoms with van der Waals surface area (Å²) in [5, 5.41) is 3.03. The predicted octanol–water partition coefficient (Wildman–Crippen LogP) is 3.98. The molecule has 2 aromatic rings. The Hall–Kier alpha value is -1.81. The van der Waals surface area contributed by atoms with Gasteiger partial charge in [-0.1, -0.05) is 23.2 Å². The van der Waals surface area contributed by atoms with Crippen LogP contribution in [-0.2, 0) is 17.7 Å². The van der Waals surface area contributed by atoms with Gasteiger partial charge in [0.05, 0.1) is 28.6 Å². The Morgan fingerprint density at radius 1 is 1.33 bits per heavy atom. The van der Waals surface area contributed by atoms with Crippen molar-refractivity contribution in [2.45, 2.75) is 19.9 Å². The summed E-state index contributed by atoms with van der Waals surface area (Å²) in [5.74, 6) is -1.12. The van der Waals surface area contributed by atoms with Gasteiger partial charge in [0.2, 0.25) is 0 Å². The van der Waals surface area contributed by atoms with Crippen LogP contribution in [0.2, 0.25) is 8.67 Å². The summed E-state index contributed by atoms with van der Waals surface area (Å²) in [4.78, 5) is 38.8. The molecule has 0 radical (unpaired) electrons. The fourth-order valence-electron chi connectivity index (χ4n) is 2.79. The third kappa shape index (κ3) is 4.06. The minimum Gasteiger partial charge on any atom is -0.450 e. The highest BCUT2D eigenvalue weighted by Crippen LogP contribution is 2.38. The number of hydrogen-bond donors (Lipinski definition) is 2. The van der Waals surface area contributed by atoms with E-state index in [1.54, 1.807) is 11.8 Å². The molecule has 11 heteroatoms. The minimum absolute atomic E-state index is 0.224. The number of fused-ring (bicyclic) bond motifs is 1. The summed E-state index contributed by atoms with van der Waals surface area (Å²) in [6.45, 7) is 2.71. The highest BCUT2D eigenvalue weighted by Gasteiger charge is 2.30. The van der Waals surface area contributed by atoms with Crippen LogP contribution in [0.25, 0.3) is 0 Å². The molecule has 3 heterocycles. The van der Waals surface area contributed by atoms with Gasteiger partial charge in [-0.3, -0.25) is 9.59 Å². The van der Waals surface area contributed by atoms with E-state index >= 15 is 0 Å². The van der Waals surface area contributed by atoms with Gasteiger partial charge < -0.3 is 20.7 Å². The second-order valence-corrected chi connectivity index (χ2v) is 9.03. The first-order valence-electron chi connectivity index (χ1n) is 7.94. The molecule has 1 aliphatic heterocycles. The molecule has 0 unspecified atom stereocenters. The molecule has 3 N–H and O–H groups in total. The smallest absolute Gasteiger partial charge is 0.410 e. The lowest BCUT2D eigenvalue weighted by atomic mass is 10.0. The largest absolute Gasteiger partial charge is 0.450 e. The summed E-state index contributed by atoms with van der Waals surface area (Å²) in [5.41, 5.74) is 6.78. The minimum atomic E-state index is -0.637. The van der Waals surface area contributed by atoms with Gasteiger partial charge >= 0.3 is 6.09 Å². The van der Waals surface area contributed by atoms with Gasteiger partial charge in [-0.15, -0.1) is 22.7 Å². The molecule has 3 rings (SSSR count). The Labute approximate surface area is 173 Å². The molecule has 0 fully saturated rings. The molecule has 0 atom stereocenters. The Balaban J connectivity index is 1.89. The number of carbonyl (C=O) groups excluding carboxylic acids is 3. The second-order valence-electron chi connectivity index (χ2n) is 5.63. The lowest BCUT2D eigenvalue weighted by Gasteiger charge is -2.26. The van der Waals surface area contributed by atoms with E-state index in [0.29, 0.717) is 28.8 Å². The number of primary amides is 1. The SMILES string of the molecule is CCOC(=O)N1CCc2c(sc(NC(=O)c3cc(Cl)sc3Cl)c2C(N)=O)C1. The highest BCUT2D eigenvalue weighted by atomic mass is 35.5. The van der Waals surface area contributed by atoms with Crippen molar-refractivity contribution in [1.29, 1.82) is 0 Å². The number of thiophene rings is 2. The average molecular weight is 448 g/mol. The fraction of sp³-hybridized carbons (Fsp3) is 0.312. The van der Waals surface area contributed by atoms with Gasteiger partial charge in [-0.25, -0.2) is 4.79 Å². The number of hydrogen-bond acceptors (Lipinski definition) is 6. The van der Waals surface area contributed by atoms with Gasteiger partial charge in [-0.2, -0.15) is 0 Å². The normalized spacial score (nSPS) is 13.2. The van der Waals surface area contributed by atoms with Crippen molar-refractivity contribution < 1.29 is 19.1 Å². The van der Waals surface area contributed by atoms with Crippen LogP contribution in [0, 0.1) is 0 Å². The molecule has 2 aromatic heterocycles. The molecule has 1 aliphatic rings. The zero-order valence-electron chi connectivity index (χ0n) is 14.1. The second kappa shape index (κ2) is 8.05. The summed E-state index contributed by atoms with van der Waals surface area (Å²) < 4.78 is 5.67. The van der Waals surface area contributed by atoms with Crippen LogP contribution < -0.4 is 11.1 Å². The van der Waals surface area contributed by atoms with Crippen molar-refractivity contribution in [1.82, 2.24) is 4.90 Å². The van der Waals surface area contributed by atoms with Crippen LogP contribution in [0.5, 0.6) is 0 Å². The first kappa shape index (κ1) is 19.9. The summed E-state index contributed by atoms with van der Waals surface area (Å²) in [7, 11) is 0. The molecule has 7 nitrogen and oxygen atoms in total. The highest BCUT2D eigenvalue weighted by molar-refractivity contribution is 7.20. The summed E-state index contributed by atoms with van der Waals surface area (Å²) in [6.07, 6.45) is 0.0338. The quantitative estimate of drug-likeness (QED) is 0.739. The molecule has 3 amide bonds. The molecule has 0 aliphatic carbocycles. The molecule has 0 spiro atoms. The van der Waals surface area contributed by atoms with Crippen molar-refractivity contribution in [2.75, 3.05) is 18.5 Å². The fourth-order valence-corrected chi connectivity index (χ4v) is 5.51. The maximum absolute atomic E-state index is 12.5. The van der Waals surface area contributed by atoms with Crippen LogP contribution >= 0.6 is 45.9 Å². The van der Waals surface area contributed by atoms with Crippen LogP contribution in [0.3, 0.4) is 0 Å². The third-order valence-corrected chi connectivity index (χ3v) is 6.58. The number of rotatable bonds is 4. The topological polar surface area (TPSA) is 102 Å². The van der Waals surface area contributed by atoms with Gasteiger partial charge in [0.25, 0.3) is 11.8 Å². The van der Waals surface area contributed by atoms with E-state index < -0.39 is 17.9 Å². The average Bonchev–Trinajstić information content (AvgIpc) is 3.13. The number of nitrogens with one attached hydrogen (secondary N) is 1. The molecule has 0 saturated heterocycles. The number of halogens is 2. The number of anilines is 1. The zero-order chi connectivity index (χ0) is 19.7. The first-order valence-corrected chi connectivity index (χ1v) is 10.3. The van der Waals surface area contributed by atoms with E-state index in [2.05, 4.69) is 5.32 Å². The van der Waals surface area contributed by atoms with Crippen molar-refractivity contribution in [2.24, 2.45) is 5.73 Å².